The highest BCUT2D eigenvalue weighted by Crippen LogP contribution is 2.13. The second kappa shape index (κ2) is 4.91. The molecule has 0 saturated carbocycles. The molecule has 18 heavy (non-hydrogen) atoms. The number of carbonyl (C=O) groups excluding carboxylic acids is 1. The second-order valence-corrected chi connectivity index (χ2v) is 4.09. The molecular weight excluding hydrogens is 232 g/mol. The van der Waals surface area contributed by atoms with E-state index < -0.39 is 0 Å². The van der Waals surface area contributed by atoms with E-state index in [1.807, 2.05) is 12.1 Å². The van der Waals surface area contributed by atoms with Gasteiger partial charge in [-0.05, 0) is 12.1 Å². The van der Waals surface area contributed by atoms with Gasteiger partial charge in [0, 0.05) is 33.4 Å². The molecule has 2 rings (SSSR count). The van der Waals surface area contributed by atoms with Crippen molar-refractivity contribution in [3.8, 4) is 0 Å². The van der Waals surface area contributed by atoms with Crippen molar-refractivity contribution in [2.45, 2.75) is 6.54 Å². The zero-order chi connectivity index (χ0) is 13.1. The number of nitrogen functional groups attached to an aromatic ring is 1. The fraction of sp³-hybridized carbons (Fsp3) is 0.364. The maximum absolute atomic E-state index is 11.4. The van der Waals surface area contributed by atoms with E-state index in [4.69, 9.17) is 5.73 Å². The lowest BCUT2D eigenvalue weighted by molar-refractivity contribution is 0.217. The zero-order valence-corrected chi connectivity index (χ0v) is 10.4. The number of anilines is 1. The van der Waals surface area contributed by atoms with Crippen molar-refractivity contribution < 1.29 is 4.79 Å². The molecule has 7 heteroatoms. The molecule has 96 valence electrons. The fourth-order valence-corrected chi connectivity index (χ4v) is 1.63. The van der Waals surface area contributed by atoms with Crippen molar-refractivity contribution in [2.24, 2.45) is 0 Å². The Balaban J connectivity index is 2.08. The molecule has 0 radical (unpaired) electrons. The third-order valence-electron chi connectivity index (χ3n) is 2.55. The predicted molar refractivity (Wildman–Crippen MR) is 69.0 cm³/mol. The number of hydrogen-bond donors (Lipinski definition) is 2. The van der Waals surface area contributed by atoms with E-state index in [0.717, 1.165) is 11.2 Å². The Morgan fingerprint density at radius 2 is 2.33 bits per heavy atom. The Morgan fingerprint density at radius 1 is 1.56 bits per heavy atom. The van der Waals surface area contributed by atoms with Crippen molar-refractivity contribution in [1.82, 2.24) is 24.8 Å². The first-order valence-corrected chi connectivity index (χ1v) is 5.61. The molecule has 0 unspecified atom stereocenters. The number of fused-ring (bicyclic) bond motifs is 1. The first kappa shape index (κ1) is 12.2. The van der Waals surface area contributed by atoms with Crippen LogP contribution in [0.3, 0.4) is 0 Å². The molecule has 2 aromatic rings. The summed E-state index contributed by atoms with van der Waals surface area (Å²) in [5.74, 6) is 0.405. The van der Waals surface area contributed by atoms with Crippen molar-refractivity contribution >= 4 is 23.1 Å². The average molecular weight is 248 g/mol. The smallest absolute Gasteiger partial charge is 0.316 e. The van der Waals surface area contributed by atoms with E-state index >= 15 is 0 Å². The normalized spacial score (nSPS) is 10.6. The number of amides is 2. The van der Waals surface area contributed by atoms with Gasteiger partial charge < -0.3 is 16.0 Å². The number of pyridine rings is 1. The molecule has 3 N–H and O–H groups in total. The van der Waals surface area contributed by atoms with E-state index in [0.29, 0.717) is 19.0 Å². The van der Waals surface area contributed by atoms with Gasteiger partial charge in [0.05, 0.1) is 0 Å². The first-order valence-electron chi connectivity index (χ1n) is 5.61. The van der Waals surface area contributed by atoms with Crippen LogP contribution in [-0.4, -0.2) is 46.1 Å². The van der Waals surface area contributed by atoms with Gasteiger partial charge in [-0.15, -0.1) is 0 Å². The first-order chi connectivity index (χ1) is 8.59. The largest absolute Gasteiger partial charge is 0.369 e. The number of nitrogens with zero attached hydrogens (tertiary/aromatic N) is 4. The van der Waals surface area contributed by atoms with Crippen LogP contribution in [0.25, 0.3) is 11.2 Å². The highest BCUT2D eigenvalue weighted by Gasteiger charge is 2.09. The molecule has 0 bridgehead atoms. The monoisotopic (exact) mass is 248 g/mol. The molecule has 0 saturated heterocycles. The van der Waals surface area contributed by atoms with Gasteiger partial charge in [-0.1, -0.05) is 0 Å². The quantitative estimate of drug-likeness (QED) is 0.816. The van der Waals surface area contributed by atoms with Gasteiger partial charge in [-0.2, -0.15) is 0 Å². The van der Waals surface area contributed by atoms with Crippen molar-refractivity contribution in [3.63, 3.8) is 0 Å². The standard InChI is InChI=1S/C11H16N6O/c1-16(2)11(18)14-6-7-17-9-8(15-10(17)12)4-3-5-13-9/h3-5H,6-7H2,1-2H3,(H2,12,15)(H,14,18). The van der Waals surface area contributed by atoms with Gasteiger partial charge in [-0.3, -0.25) is 4.57 Å². The minimum Gasteiger partial charge on any atom is -0.369 e. The summed E-state index contributed by atoms with van der Waals surface area (Å²) in [7, 11) is 3.38. The van der Waals surface area contributed by atoms with Crippen LogP contribution in [0.5, 0.6) is 0 Å². The van der Waals surface area contributed by atoms with Crippen LogP contribution in [0.2, 0.25) is 0 Å². The van der Waals surface area contributed by atoms with Crippen molar-refractivity contribution in [1.29, 1.82) is 0 Å². The number of nitrogens with one attached hydrogen (secondary N) is 1. The lowest BCUT2D eigenvalue weighted by atomic mass is 10.4. The van der Waals surface area contributed by atoms with Crippen molar-refractivity contribution in [3.05, 3.63) is 18.3 Å². The fourth-order valence-electron chi connectivity index (χ4n) is 1.63. The number of hydrogen-bond acceptors (Lipinski definition) is 4. The second-order valence-electron chi connectivity index (χ2n) is 4.09. The van der Waals surface area contributed by atoms with Crippen LogP contribution in [0.1, 0.15) is 0 Å². The molecule has 0 aliphatic heterocycles. The van der Waals surface area contributed by atoms with E-state index in [2.05, 4.69) is 15.3 Å². The molecule has 0 atom stereocenters. The Morgan fingerprint density at radius 3 is 3.06 bits per heavy atom. The number of nitrogens with two attached hydrogens (primary N) is 1. The third-order valence-corrected chi connectivity index (χ3v) is 2.55. The lowest BCUT2D eigenvalue weighted by Gasteiger charge is -2.12. The Kier molecular flexibility index (Phi) is 3.31. The number of imidazole rings is 1. The maximum atomic E-state index is 11.4. The average Bonchev–Trinajstić information content (AvgIpc) is 2.65. The van der Waals surface area contributed by atoms with Gasteiger partial charge in [0.2, 0.25) is 5.95 Å². The highest BCUT2D eigenvalue weighted by molar-refractivity contribution is 5.74. The Labute approximate surface area is 105 Å². The van der Waals surface area contributed by atoms with Gasteiger partial charge >= 0.3 is 6.03 Å². The van der Waals surface area contributed by atoms with Crippen molar-refractivity contribution in [2.75, 3.05) is 26.4 Å². The predicted octanol–water partition coefficient (Wildman–Crippen LogP) is 0.285. The third kappa shape index (κ3) is 2.34. The summed E-state index contributed by atoms with van der Waals surface area (Å²) in [6.07, 6.45) is 1.69. The Hall–Kier alpha value is -2.31. The topological polar surface area (TPSA) is 89.1 Å². The molecule has 0 aliphatic carbocycles. The van der Waals surface area contributed by atoms with Gasteiger partial charge in [0.15, 0.2) is 5.65 Å². The Bertz CT molecular complexity index is 562. The van der Waals surface area contributed by atoms with Gasteiger partial charge in [0.25, 0.3) is 0 Å². The molecule has 0 aromatic carbocycles. The number of rotatable bonds is 3. The summed E-state index contributed by atoms with van der Waals surface area (Å²) in [5.41, 5.74) is 7.31. The minimum absolute atomic E-state index is 0.133. The summed E-state index contributed by atoms with van der Waals surface area (Å²) in [4.78, 5) is 21.3. The van der Waals surface area contributed by atoms with Gasteiger partial charge in [-0.25, -0.2) is 14.8 Å². The molecule has 0 spiro atoms. The molecule has 2 heterocycles. The molecule has 7 nitrogen and oxygen atoms in total. The van der Waals surface area contributed by atoms with Crippen LogP contribution in [0.4, 0.5) is 10.7 Å². The molecule has 0 fully saturated rings. The zero-order valence-electron chi connectivity index (χ0n) is 10.4. The van der Waals surface area contributed by atoms with E-state index in [1.165, 1.54) is 4.90 Å². The molecule has 2 aromatic heterocycles. The van der Waals surface area contributed by atoms with E-state index in [1.54, 1.807) is 24.9 Å². The maximum Gasteiger partial charge on any atom is 0.316 e. The summed E-state index contributed by atoms with van der Waals surface area (Å²) >= 11 is 0. The molecule has 2 amide bonds. The molecular formula is C11H16N6O. The number of aromatic nitrogens is 3. The summed E-state index contributed by atoms with van der Waals surface area (Å²) in [6.45, 7) is 1.02. The number of carbonyl (C=O) groups is 1. The summed E-state index contributed by atoms with van der Waals surface area (Å²) in [6, 6.07) is 3.53. The summed E-state index contributed by atoms with van der Waals surface area (Å²) in [5, 5.41) is 2.77. The van der Waals surface area contributed by atoms with E-state index in [-0.39, 0.29) is 6.03 Å². The van der Waals surface area contributed by atoms with Crippen LogP contribution in [0, 0.1) is 0 Å². The van der Waals surface area contributed by atoms with Crippen LogP contribution < -0.4 is 11.1 Å². The SMILES string of the molecule is CN(C)C(=O)NCCn1c(N)nc2cccnc21. The van der Waals surface area contributed by atoms with Crippen LogP contribution >= 0.6 is 0 Å². The molecule has 0 aliphatic rings. The highest BCUT2D eigenvalue weighted by atomic mass is 16.2. The lowest BCUT2D eigenvalue weighted by Crippen LogP contribution is -2.36. The number of urea groups is 1. The van der Waals surface area contributed by atoms with Gasteiger partial charge in [0.1, 0.15) is 5.52 Å². The van der Waals surface area contributed by atoms with Crippen LogP contribution in [0.15, 0.2) is 18.3 Å². The minimum atomic E-state index is -0.133. The summed E-state index contributed by atoms with van der Waals surface area (Å²) < 4.78 is 1.78. The van der Waals surface area contributed by atoms with Crippen LogP contribution in [-0.2, 0) is 6.54 Å². The van der Waals surface area contributed by atoms with E-state index in [9.17, 15) is 4.79 Å².